The maximum Gasteiger partial charge on any atom is 0.272 e. The van der Waals surface area contributed by atoms with Crippen LogP contribution in [0.1, 0.15) is 48.5 Å². The fraction of sp³-hybridized carbons (Fsp3) is 0.300. The van der Waals surface area contributed by atoms with E-state index in [1.807, 2.05) is 24.3 Å². The first-order valence-electron chi connectivity index (χ1n) is 8.51. The van der Waals surface area contributed by atoms with Gasteiger partial charge in [-0.05, 0) is 48.4 Å². The van der Waals surface area contributed by atoms with Crippen molar-refractivity contribution in [3.8, 4) is 5.75 Å². The van der Waals surface area contributed by atoms with E-state index in [0.717, 1.165) is 24.3 Å². The number of carbonyl (C=O) groups is 1. The maximum atomic E-state index is 12.0. The van der Waals surface area contributed by atoms with Gasteiger partial charge in [-0.1, -0.05) is 49.9 Å². The number of amides is 1. The molecule has 2 aromatic carbocycles. The molecule has 0 heterocycles. The molecule has 1 N–H and O–H groups in total. The zero-order valence-corrected chi connectivity index (χ0v) is 15.1. The predicted molar refractivity (Wildman–Crippen MR) is 103 cm³/mol. The van der Waals surface area contributed by atoms with E-state index in [4.69, 9.17) is 16.3 Å². The minimum atomic E-state index is -0.339. The van der Waals surface area contributed by atoms with E-state index in [1.165, 1.54) is 19.3 Å². The number of nitrogens with one attached hydrogen (secondary N) is 1. The Hall–Kier alpha value is -2.33. The first-order valence-corrected chi connectivity index (χ1v) is 8.89. The van der Waals surface area contributed by atoms with Gasteiger partial charge in [0.1, 0.15) is 5.75 Å². The van der Waals surface area contributed by atoms with Crippen LogP contribution in [0.2, 0.25) is 5.02 Å². The lowest BCUT2D eigenvalue weighted by molar-refractivity contribution is 0.0955. The van der Waals surface area contributed by atoms with Crippen molar-refractivity contribution in [1.82, 2.24) is 5.43 Å². The van der Waals surface area contributed by atoms with E-state index in [2.05, 4.69) is 17.5 Å². The van der Waals surface area contributed by atoms with Crippen LogP contribution in [-0.2, 0) is 0 Å². The standard InChI is InChI=1S/C20H23ClN2O2/c1-2-3-4-7-14-25-17-12-10-16(11-13-17)15-22-23-20(24)18-8-5-6-9-19(18)21/h5-6,8-13,15H,2-4,7,14H2,1H3,(H,23,24)/b22-15-. The van der Waals surface area contributed by atoms with Crippen molar-refractivity contribution in [2.45, 2.75) is 32.6 Å². The average Bonchev–Trinajstić information content (AvgIpc) is 2.63. The number of hydrogen-bond donors (Lipinski definition) is 1. The van der Waals surface area contributed by atoms with Crippen LogP contribution in [-0.4, -0.2) is 18.7 Å². The third kappa shape index (κ3) is 6.59. The van der Waals surface area contributed by atoms with Crippen molar-refractivity contribution in [1.29, 1.82) is 0 Å². The number of unbranched alkanes of at least 4 members (excludes halogenated alkanes) is 3. The zero-order valence-electron chi connectivity index (χ0n) is 14.4. The lowest BCUT2D eigenvalue weighted by Crippen LogP contribution is -2.17. The number of rotatable bonds is 9. The summed E-state index contributed by atoms with van der Waals surface area (Å²) in [5.74, 6) is 0.502. The lowest BCUT2D eigenvalue weighted by Gasteiger charge is -2.06. The fourth-order valence-electron chi connectivity index (χ4n) is 2.24. The Balaban J connectivity index is 1.79. The highest BCUT2D eigenvalue weighted by atomic mass is 35.5. The third-order valence-corrected chi connectivity index (χ3v) is 3.97. The smallest absolute Gasteiger partial charge is 0.272 e. The summed E-state index contributed by atoms with van der Waals surface area (Å²) in [5, 5.41) is 4.36. The topological polar surface area (TPSA) is 50.7 Å². The Morgan fingerprint density at radius 3 is 2.60 bits per heavy atom. The highest BCUT2D eigenvalue weighted by molar-refractivity contribution is 6.33. The number of ether oxygens (including phenoxy) is 1. The minimum absolute atomic E-state index is 0.339. The number of hydrogen-bond acceptors (Lipinski definition) is 3. The van der Waals surface area contributed by atoms with Gasteiger partial charge in [-0.25, -0.2) is 5.43 Å². The maximum absolute atomic E-state index is 12.0. The molecule has 0 aromatic heterocycles. The molecule has 0 atom stereocenters. The van der Waals surface area contributed by atoms with Crippen molar-refractivity contribution in [3.63, 3.8) is 0 Å². The average molecular weight is 359 g/mol. The normalized spacial score (nSPS) is 10.8. The van der Waals surface area contributed by atoms with Crippen molar-refractivity contribution in [3.05, 3.63) is 64.7 Å². The Morgan fingerprint density at radius 2 is 1.88 bits per heavy atom. The largest absolute Gasteiger partial charge is 0.494 e. The van der Waals surface area contributed by atoms with Gasteiger partial charge in [0, 0.05) is 0 Å². The lowest BCUT2D eigenvalue weighted by atomic mass is 10.2. The molecule has 25 heavy (non-hydrogen) atoms. The Bertz CT molecular complexity index is 699. The molecule has 1 amide bonds. The molecule has 0 aliphatic carbocycles. The summed E-state index contributed by atoms with van der Waals surface area (Å²) in [6, 6.07) is 14.4. The fourth-order valence-corrected chi connectivity index (χ4v) is 2.46. The van der Waals surface area contributed by atoms with Crippen molar-refractivity contribution < 1.29 is 9.53 Å². The molecule has 0 fully saturated rings. The van der Waals surface area contributed by atoms with E-state index in [-0.39, 0.29) is 5.91 Å². The van der Waals surface area contributed by atoms with Crippen LogP contribution >= 0.6 is 11.6 Å². The SMILES string of the molecule is CCCCCCOc1ccc(/C=N\NC(=O)c2ccccc2Cl)cc1. The van der Waals surface area contributed by atoms with Crippen molar-refractivity contribution in [2.75, 3.05) is 6.61 Å². The van der Waals surface area contributed by atoms with E-state index in [1.54, 1.807) is 30.5 Å². The van der Waals surface area contributed by atoms with Gasteiger partial charge < -0.3 is 4.74 Å². The summed E-state index contributed by atoms with van der Waals surface area (Å²) in [6.07, 6.45) is 6.33. The molecule has 0 aliphatic heterocycles. The van der Waals surface area contributed by atoms with Gasteiger partial charge in [-0.15, -0.1) is 0 Å². The molecule has 0 radical (unpaired) electrons. The van der Waals surface area contributed by atoms with Crippen LogP contribution in [0.25, 0.3) is 0 Å². The van der Waals surface area contributed by atoms with Crippen LogP contribution in [0.5, 0.6) is 5.75 Å². The van der Waals surface area contributed by atoms with Gasteiger partial charge in [-0.3, -0.25) is 4.79 Å². The predicted octanol–water partition coefficient (Wildman–Crippen LogP) is 5.06. The van der Waals surface area contributed by atoms with E-state index in [0.29, 0.717) is 10.6 Å². The molecular formula is C20H23ClN2O2. The van der Waals surface area contributed by atoms with Crippen molar-refractivity contribution >= 4 is 23.7 Å². The van der Waals surface area contributed by atoms with Gasteiger partial charge in [0.2, 0.25) is 0 Å². The summed E-state index contributed by atoms with van der Waals surface area (Å²) in [6.45, 7) is 2.93. The monoisotopic (exact) mass is 358 g/mol. The van der Waals surface area contributed by atoms with Gasteiger partial charge in [0.15, 0.2) is 0 Å². The summed E-state index contributed by atoms with van der Waals surface area (Å²) in [7, 11) is 0. The molecule has 5 heteroatoms. The second-order valence-electron chi connectivity index (χ2n) is 5.66. The van der Waals surface area contributed by atoms with Gasteiger partial charge in [-0.2, -0.15) is 5.10 Å². The van der Waals surface area contributed by atoms with E-state index >= 15 is 0 Å². The molecule has 132 valence electrons. The Labute approximate surface area is 153 Å². The number of hydrazone groups is 1. The summed E-state index contributed by atoms with van der Waals surface area (Å²) >= 11 is 5.98. The molecular weight excluding hydrogens is 336 g/mol. The summed E-state index contributed by atoms with van der Waals surface area (Å²) in [4.78, 5) is 12.0. The highest BCUT2D eigenvalue weighted by Gasteiger charge is 2.07. The van der Waals surface area contributed by atoms with Gasteiger partial charge in [0.05, 0.1) is 23.4 Å². The van der Waals surface area contributed by atoms with Crippen LogP contribution in [0.15, 0.2) is 53.6 Å². The zero-order chi connectivity index (χ0) is 17.9. The Morgan fingerprint density at radius 1 is 1.12 bits per heavy atom. The number of halogens is 1. The molecule has 2 aromatic rings. The molecule has 0 spiro atoms. The van der Waals surface area contributed by atoms with Crippen LogP contribution < -0.4 is 10.2 Å². The summed E-state index contributed by atoms with van der Waals surface area (Å²) < 4.78 is 5.69. The molecule has 0 unspecified atom stereocenters. The molecule has 0 saturated heterocycles. The number of nitrogens with zero attached hydrogens (tertiary/aromatic N) is 1. The van der Waals surface area contributed by atoms with E-state index in [9.17, 15) is 4.79 Å². The Kier molecular flexibility index (Phi) is 7.99. The second-order valence-corrected chi connectivity index (χ2v) is 6.06. The molecule has 0 saturated carbocycles. The molecule has 0 aliphatic rings. The van der Waals surface area contributed by atoms with Gasteiger partial charge in [0.25, 0.3) is 5.91 Å². The molecule has 4 nitrogen and oxygen atoms in total. The van der Waals surface area contributed by atoms with Crippen LogP contribution in [0.3, 0.4) is 0 Å². The third-order valence-electron chi connectivity index (χ3n) is 3.64. The quantitative estimate of drug-likeness (QED) is 0.387. The van der Waals surface area contributed by atoms with Crippen LogP contribution in [0.4, 0.5) is 0 Å². The van der Waals surface area contributed by atoms with Crippen molar-refractivity contribution in [2.24, 2.45) is 5.10 Å². The summed E-state index contributed by atoms with van der Waals surface area (Å²) in [5.41, 5.74) is 3.74. The molecule has 2 rings (SSSR count). The highest BCUT2D eigenvalue weighted by Crippen LogP contribution is 2.14. The van der Waals surface area contributed by atoms with Gasteiger partial charge >= 0.3 is 0 Å². The molecule has 0 bridgehead atoms. The van der Waals surface area contributed by atoms with E-state index < -0.39 is 0 Å². The first kappa shape index (κ1) is 19.0. The minimum Gasteiger partial charge on any atom is -0.494 e. The number of carbonyl (C=O) groups excluding carboxylic acids is 1. The number of benzene rings is 2. The van der Waals surface area contributed by atoms with Crippen LogP contribution in [0, 0.1) is 0 Å². The second kappa shape index (κ2) is 10.5. The first-order chi connectivity index (χ1) is 12.2.